The van der Waals surface area contributed by atoms with Crippen molar-refractivity contribution in [1.29, 1.82) is 0 Å². The lowest BCUT2D eigenvalue weighted by atomic mass is 9.95. The van der Waals surface area contributed by atoms with Crippen LogP contribution in [-0.2, 0) is 16.1 Å². The van der Waals surface area contributed by atoms with Gasteiger partial charge in [-0.3, -0.25) is 14.6 Å². The highest BCUT2D eigenvalue weighted by Crippen LogP contribution is 2.42. The maximum absolute atomic E-state index is 13.2. The van der Waals surface area contributed by atoms with Crippen molar-refractivity contribution in [3.05, 3.63) is 89.3 Å². The average molecular weight is 489 g/mol. The van der Waals surface area contributed by atoms with Gasteiger partial charge in [-0.1, -0.05) is 26.0 Å². The van der Waals surface area contributed by atoms with Crippen LogP contribution >= 0.6 is 0 Å². The summed E-state index contributed by atoms with van der Waals surface area (Å²) < 4.78 is 11.0. The van der Waals surface area contributed by atoms with Crippen LogP contribution in [-0.4, -0.2) is 45.5 Å². The van der Waals surface area contributed by atoms with Crippen LogP contribution in [0.3, 0.4) is 0 Å². The van der Waals surface area contributed by atoms with Crippen molar-refractivity contribution in [1.82, 2.24) is 9.88 Å². The number of nitrogens with zero attached hydrogens (tertiary/aromatic N) is 2. The van der Waals surface area contributed by atoms with Crippen LogP contribution in [0, 0.1) is 5.92 Å². The molecule has 0 bridgehead atoms. The molecule has 1 aromatic heterocycles. The van der Waals surface area contributed by atoms with Crippen molar-refractivity contribution < 1.29 is 29.3 Å². The molecule has 1 atom stereocenters. The lowest BCUT2D eigenvalue weighted by Gasteiger charge is -2.25. The van der Waals surface area contributed by atoms with E-state index >= 15 is 0 Å². The third-order valence-corrected chi connectivity index (χ3v) is 5.85. The Labute approximate surface area is 209 Å². The number of pyridine rings is 1. The summed E-state index contributed by atoms with van der Waals surface area (Å²) in [4.78, 5) is 31.9. The summed E-state index contributed by atoms with van der Waals surface area (Å²) in [6.45, 7) is 4.74. The Bertz CT molecular complexity index is 1290. The number of phenolic OH excluding ortho intramolecular Hbond substituents is 1. The number of hydrogen-bond acceptors (Lipinski definition) is 7. The molecule has 0 spiro atoms. The predicted octanol–water partition coefficient (Wildman–Crippen LogP) is 4.45. The molecule has 2 heterocycles. The zero-order valence-electron chi connectivity index (χ0n) is 20.3. The van der Waals surface area contributed by atoms with Crippen LogP contribution in [0.25, 0.3) is 5.76 Å². The Morgan fingerprint density at radius 1 is 1.11 bits per heavy atom. The number of benzene rings is 2. The number of likely N-dealkylation sites (tertiary alicyclic amines) is 1. The van der Waals surface area contributed by atoms with E-state index in [1.807, 2.05) is 13.8 Å². The summed E-state index contributed by atoms with van der Waals surface area (Å²) in [5.41, 5.74) is 1.56. The predicted molar refractivity (Wildman–Crippen MR) is 134 cm³/mol. The zero-order valence-corrected chi connectivity index (χ0v) is 20.3. The van der Waals surface area contributed by atoms with Crippen LogP contribution in [0.15, 0.2) is 72.6 Å². The number of Topliss-reactive ketones (excluding diaryl/α,β-unsaturated/α-hetero) is 1. The number of carbonyl (C=O) groups excluding carboxylic acids is 2. The maximum atomic E-state index is 13.2. The normalized spacial score (nSPS) is 17.0. The first-order valence-electron chi connectivity index (χ1n) is 11.6. The van der Waals surface area contributed by atoms with Crippen LogP contribution in [0.4, 0.5) is 0 Å². The van der Waals surface area contributed by atoms with Crippen molar-refractivity contribution in [2.45, 2.75) is 26.4 Å². The van der Waals surface area contributed by atoms with Gasteiger partial charge in [0.15, 0.2) is 11.5 Å². The summed E-state index contributed by atoms with van der Waals surface area (Å²) >= 11 is 0. The van der Waals surface area contributed by atoms with E-state index in [4.69, 9.17) is 9.47 Å². The average Bonchev–Trinajstić information content (AvgIpc) is 3.13. The molecule has 8 heteroatoms. The van der Waals surface area contributed by atoms with Crippen molar-refractivity contribution in [2.24, 2.45) is 5.92 Å². The molecular formula is C28H28N2O6. The van der Waals surface area contributed by atoms with Gasteiger partial charge in [-0.15, -0.1) is 0 Å². The van der Waals surface area contributed by atoms with E-state index in [1.165, 1.54) is 18.1 Å². The Morgan fingerprint density at radius 3 is 2.50 bits per heavy atom. The van der Waals surface area contributed by atoms with Gasteiger partial charge in [0.25, 0.3) is 11.7 Å². The van der Waals surface area contributed by atoms with E-state index in [0.29, 0.717) is 29.4 Å². The molecule has 1 aliphatic rings. The number of aliphatic hydroxyl groups is 1. The number of aromatic nitrogens is 1. The van der Waals surface area contributed by atoms with E-state index < -0.39 is 17.7 Å². The summed E-state index contributed by atoms with van der Waals surface area (Å²) in [7, 11) is 1.41. The molecule has 1 fully saturated rings. The van der Waals surface area contributed by atoms with Crippen LogP contribution < -0.4 is 9.47 Å². The van der Waals surface area contributed by atoms with Crippen molar-refractivity contribution in [2.75, 3.05) is 13.7 Å². The largest absolute Gasteiger partial charge is 0.507 e. The minimum atomic E-state index is -0.906. The Hall–Kier alpha value is -4.33. The second-order valence-electron chi connectivity index (χ2n) is 8.95. The van der Waals surface area contributed by atoms with Gasteiger partial charge in [-0.25, -0.2) is 0 Å². The van der Waals surface area contributed by atoms with Crippen molar-refractivity contribution >= 4 is 17.4 Å². The Balaban J connectivity index is 1.79. The summed E-state index contributed by atoms with van der Waals surface area (Å²) in [5.74, 6) is -0.737. The third kappa shape index (κ3) is 5.02. The molecule has 3 aromatic rings. The molecule has 0 saturated carbocycles. The standard InChI is InChI=1S/C28H28N2O6/c1-17(2)16-36-21-9-6-19(7-10-21)26(32)24-25(20-8-11-22(31)23(13-20)35-3)30(28(34)27(24)33)15-18-5-4-12-29-14-18/h4-14,17,25,31-32H,15-16H2,1-3H3/t25-/m1/s1. The van der Waals surface area contributed by atoms with Gasteiger partial charge in [0.1, 0.15) is 11.5 Å². The quantitative estimate of drug-likeness (QED) is 0.274. The number of amides is 1. The number of aliphatic hydroxyl groups excluding tert-OH is 1. The fourth-order valence-electron chi connectivity index (χ4n) is 4.07. The van der Waals surface area contributed by atoms with Gasteiger partial charge in [0, 0.05) is 24.5 Å². The number of ether oxygens (including phenoxy) is 2. The smallest absolute Gasteiger partial charge is 0.295 e. The number of ketones is 1. The van der Waals surface area contributed by atoms with Crippen molar-refractivity contribution in [3.8, 4) is 17.2 Å². The molecule has 36 heavy (non-hydrogen) atoms. The van der Waals surface area contributed by atoms with Gasteiger partial charge >= 0.3 is 0 Å². The zero-order chi connectivity index (χ0) is 25.8. The van der Waals surface area contributed by atoms with Crippen LogP contribution in [0.1, 0.15) is 36.6 Å². The number of rotatable bonds is 8. The summed E-state index contributed by atoms with van der Waals surface area (Å²) in [6.07, 6.45) is 3.23. The number of phenols is 1. The molecule has 1 aliphatic heterocycles. The lowest BCUT2D eigenvalue weighted by molar-refractivity contribution is -0.140. The highest BCUT2D eigenvalue weighted by atomic mass is 16.5. The SMILES string of the molecule is COc1cc([C@@H]2C(=C(O)c3ccc(OCC(C)C)cc3)C(=O)C(=O)N2Cc2cccnc2)ccc1O. The molecular weight excluding hydrogens is 460 g/mol. The lowest BCUT2D eigenvalue weighted by Crippen LogP contribution is -2.29. The minimum absolute atomic E-state index is 0.0486. The van der Waals surface area contributed by atoms with Crippen LogP contribution in [0.2, 0.25) is 0 Å². The first-order chi connectivity index (χ1) is 17.3. The molecule has 8 nitrogen and oxygen atoms in total. The fraction of sp³-hybridized carbons (Fsp3) is 0.250. The molecule has 1 saturated heterocycles. The first kappa shape index (κ1) is 24.8. The number of methoxy groups -OCH3 is 1. The summed E-state index contributed by atoms with van der Waals surface area (Å²) in [6, 6.07) is 13.9. The molecule has 2 N–H and O–H groups in total. The van der Waals surface area contributed by atoms with Crippen LogP contribution in [0.5, 0.6) is 17.2 Å². The van der Waals surface area contributed by atoms with E-state index in [1.54, 1.807) is 60.9 Å². The molecule has 0 aliphatic carbocycles. The molecule has 0 unspecified atom stereocenters. The maximum Gasteiger partial charge on any atom is 0.295 e. The van der Waals surface area contributed by atoms with E-state index in [2.05, 4.69) is 4.98 Å². The second-order valence-corrected chi connectivity index (χ2v) is 8.95. The monoisotopic (exact) mass is 488 g/mol. The van der Waals surface area contributed by atoms with E-state index in [-0.39, 0.29) is 29.4 Å². The summed E-state index contributed by atoms with van der Waals surface area (Å²) in [5, 5.41) is 21.3. The highest BCUT2D eigenvalue weighted by Gasteiger charge is 2.46. The second kappa shape index (κ2) is 10.5. The Kier molecular flexibility index (Phi) is 7.24. The molecule has 2 aromatic carbocycles. The topological polar surface area (TPSA) is 109 Å². The third-order valence-electron chi connectivity index (χ3n) is 5.85. The van der Waals surface area contributed by atoms with Gasteiger partial charge < -0.3 is 24.6 Å². The fourth-order valence-corrected chi connectivity index (χ4v) is 4.07. The first-order valence-corrected chi connectivity index (χ1v) is 11.6. The van der Waals surface area contributed by atoms with Crippen molar-refractivity contribution in [3.63, 3.8) is 0 Å². The van der Waals surface area contributed by atoms with Gasteiger partial charge in [-0.2, -0.15) is 0 Å². The molecule has 1 amide bonds. The van der Waals surface area contributed by atoms with Gasteiger partial charge in [0.2, 0.25) is 0 Å². The molecule has 0 radical (unpaired) electrons. The number of carbonyl (C=O) groups is 2. The number of aromatic hydroxyl groups is 1. The Morgan fingerprint density at radius 2 is 1.86 bits per heavy atom. The molecule has 186 valence electrons. The van der Waals surface area contributed by atoms with Gasteiger partial charge in [0.05, 0.1) is 25.3 Å². The molecule has 4 rings (SSSR count). The highest BCUT2D eigenvalue weighted by molar-refractivity contribution is 6.46. The van der Waals surface area contributed by atoms with E-state index in [9.17, 15) is 19.8 Å². The van der Waals surface area contributed by atoms with E-state index in [0.717, 1.165) is 5.56 Å². The number of hydrogen-bond donors (Lipinski definition) is 2. The van der Waals surface area contributed by atoms with Gasteiger partial charge in [-0.05, 0) is 59.5 Å². The minimum Gasteiger partial charge on any atom is -0.507 e.